The van der Waals surface area contributed by atoms with Crippen LogP contribution in [-0.2, 0) is 0 Å². The number of aliphatic hydroxyl groups is 4. The zero-order valence-electron chi connectivity index (χ0n) is 10.5. The van der Waals surface area contributed by atoms with Gasteiger partial charge in [0.1, 0.15) is 6.23 Å². The van der Waals surface area contributed by atoms with E-state index in [1.54, 1.807) is 11.9 Å². The number of anilines is 1. The maximum Gasteiger partial charge on any atom is 0.132 e. The smallest absolute Gasteiger partial charge is 0.132 e. The molecule has 4 N–H and O–H groups in total. The number of nitrogens with zero attached hydrogens (tertiary/aromatic N) is 1. The summed E-state index contributed by atoms with van der Waals surface area (Å²) < 4.78 is 0. The van der Waals surface area contributed by atoms with E-state index in [2.05, 4.69) is 0 Å². The van der Waals surface area contributed by atoms with Gasteiger partial charge in [-0.15, -0.1) is 0 Å². The zero-order valence-corrected chi connectivity index (χ0v) is 10.5. The fraction of sp³-hybridized carbons (Fsp3) is 0.538. The third kappa shape index (κ3) is 3.68. The van der Waals surface area contributed by atoms with Gasteiger partial charge >= 0.3 is 0 Å². The van der Waals surface area contributed by atoms with Gasteiger partial charge in [0.05, 0.1) is 12.7 Å². The molecule has 0 heterocycles. The summed E-state index contributed by atoms with van der Waals surface area (Å²) in [4.78, 5) is 1.61. The van der Waals surface area contributed by atoms with Crippen LogP contribution in [0.1, 0.15) is 6.42 Å². The fourth-order valence-electron chi connectivity index (χ4n) is 1.93. The molecule has 0 spiro atoms. The van der Waals surface area contributed by atoms with Gasteiger partial charge in [0.25, 0.3) is 0 Å². The van der Waals surface area contributed by atoms with Crippen LogP contribution in [0.4, 0.5) is 5.69 Å². The standard InChI is InChI=1S/C13H21NO4/c1-14(10-5-3-2-4-6-10)13(18)11(7-8-15)12(17)9-16/h2-6,11-13,15-18H,7-9H2,1H3/t11-,12-,13?/m0/s1. The number of hydrogen-bond acceptors (Lipinski definition) is 5. The van der Waals surface area contributed by atoms with Crippen LogP contribution >= 0.6 is 0 Å². The summed E-state index contributed by atoms with van der Waals surface area (Å²) in [5, 5.41) is 37.8. The van der Waals surface area contributed by atoms with Gasteiger partial charge < -0.3 is 25.3 Å². The maximum atomic E-state index is 10.2. The van der Waals surface area contributed by atoms with Crippen molar-refractivity contribution in [2.24, 2.45) is 5.92 Å². The molecule has 0 fully saturated rings. The van der Waals surface area contributed by atoms with Crippen molar-refractivity contribution in [1.29, 1.82) is 0 Å². The summed E-state index contributed by atoms with van der Waals surface area (Å²) in [6, 6.07) is 9.25. The van der Waals surface area contributed by atoms with Crippen LogP contribution in [0.5, 0.6) is 0 Å². The van der Waals surface area contributed by atoms with Crippen LogP contribution in [0.2, 0.25) is 0 Å². The molecule has 0 aliphatic rings. The molecule has 0 saturated heterocycles. The molecule has 18 heavy (non-hydrogen) atoms. The van der Waals surface area contributed by atoms with Gasteiger partial charge in [-0.1, -0.05) is 18.2 Å². The van der Waals surface area contributed by atoms with E-state index in [0.717, 1.165) is 5.69 Å². The molecule has 1 aromatic rings. The minimum Gasteiger partial charge on any atom is -0.396 e. The Labute approximate surface area is 107 Å². The molecule has 0 amide bonds. The molecule has 3 atom stereocenters. The second-order valence-electron chi connectivity index (χ2n) is 4.29. The van der Waals surface area contributed by atoms with E-state index in [-0.39, 0.29) is 13.0 Å². The van der Waals surface area contributed by atoms with Crippen LogP contribution in [-0.4, -0.2) is 53.0 Å². The molecule has 0 saturated carbocycles. The highest BCUT2D eigenvalue weighted by Crippen LogP contribution is 2.21. The van der Waals surface area contributed by atoms with Crippen LogP contribution in [0.3, 0.4) is 0 Å². The Morgan fingerprint density at radius 2 is 1.72 bits per heavy atom. The molecule has 5 nitrogen and oxygen atoms in total. The normalized spacial score (nSPS) is 16.1. The lowest BCUT2D eigenvalue weighted by molar-refractivity contribution is -0.0248. The highest BCUT2D eigenvalue weighted by molar-refractivity contribution is 5.45. The van der Waals surface area contributed by atoms with Crippen molar-refractivity contribution in [3.63, 3.8) is 0 Å². The van der Waals surface area contributed by atoms with Gasteiger partial charge in [-0.25, -0.2) is 0 Å². The largest absolute Gasteiger partial charge is 0.396 e. The summed E-state index contributed by atoms with van der Waals surface area (Å²) in [5.41, 5.74) is 0.804. The van der Waals surface area contributed by atoms with E-state index in [4.69, 9.17) is 10.2 Å². The van der Waals surface area contributed by atoms with E-state index in [1.165, 1.54) is 0 Å². The van der Waals surface area contributed by atoms with E-state index >= 15 is 0 Å². The second kappa shape index (κ2) is 7.33. The Balaban J connectivity index is 2.79. The number of para-hydroxylation sites is 1. The first-order valence-electron chi connectivity index (χ1n) is 5.97. The minimum absolute atomic E-state index is 0.151. The van der Waals surface area contributed by atoms with Crippen molar-refractivity contribution in [1.82, 2.24) is 0 Å². The second-order valence-corrected chi connectivity index (χ2v) is 4.29. The molecule has 102 valence electrons. The third-order valence-electron chi connectivity index (χ3n) is 3.09. The summed E-state index contributed by atoms with van der Waals surface area (Å²) in [6.07, 6.45) is -1.81. The van der Waals surface area contributed by atoms with E-state index in [0.29, 0.717) is 0 Å². The monoisotopic (exact) mass is 255 g/mol. The van der Waals surface area contributed by atoms with Gasteiger partial charge in [0.2, 0.25) is 0 Å². The molecule has 1 rings (SSSR count). The van der Waals surface area contributed by atoms with Crippen molar-refractivity contribution < 1.29 is 20.4 Å². The van der Waals surface area contributed by atoms with Crippen molar-refractivity contribution in [3.05, 3.63) is 30.3 Å². The Kier molecular flexibility index (Phi) is 6.07. The predicted molar refractivity (Wildman–Crippen MR) is 69.1 cm³/mol. The van der Waals surface area contributed by atoms with Gasteiger partial charge in [0, 0.05) is 25.3 Å². The summed E-state index contributed by atoms with van der Waals surface area (Å²) in [6.45, 7) is -0.591. The molecule has 0 aliphatic heterocycles. The van der Waals surface area contributed by atoms with Crippen molar-refractivity contribution >= 4 is 5.69 Å². The minimum atomic E-state index is -1.06. The van der Waals surface area contributed by atoms with Crippen LogP contribution in [0, 0.1) is 5.92 Å². The summed E-state index contributed by atoms with van der Waals surface area (Å²) in [7, 11) is 1.70. The van der Waals surface area contributed by atoms with Crippen molar-refractivity contribution in [2.45, 2.75) is 18.8 Å². The Morgan fingerprint density at radius 3 is 2.22 bits per heavy atom. The average molecular weight is 255 g/mol. The molecule has 5 heteroatoms. The van der Waals surface area contributed by atoms with Gasteiger partial charge in [-0.3, -0.25) is 0 Å². The van der Waals surface area contributed by atoms with Gasteiger partial charge in [0.15, 0.2) is 0 Å². The molecule has 1 unspecified atom stereocenters. The lowest BCUT2D eigenvalue weighted by Gasteiger charge is -2.34. The first-order chi connectivity index (χ1) is 8.61. The number of aliphatic hydroxyl groups excluding tert-OH is 4. The molecule has 0 aliphatic carbocycles. The van der Waals surface area contributed by atoms with E-state index in [9.17, 15) is 10.2 Å². The average Bonchev–Trinajstić information content (AvgIpc) is 2.43. The lowest BCUT2D eigenvalue weighted by Crippen LogP contribution is -2.44. The van der Waals surface area contributed by atoms with E-state index < -0.39 is 24.9 Å². The predicted octanol–water partition coefficient (Wildman–Crippen LogP) is -0.207. The highest BCUT2D eigenvalue weighted by atomic mass is 16.3. The lowest BCUT2D eigenvalue weighted by atomic mass is 9.96. The number of benzene rings is 1. The molecule has 0 radical (unpaired) electrons. The Bertz CT molecular complexity index is 333. The third-order valence-corrected chi connectivity index (χ3v) is 3.09. The molecule has 0 bridgehead atoms. The first kappa shape index (κ1) is 14.9. The number of rotatable bonds is 7. The zero-order chi connectivity index (χ0) is 13.5. The maximum absolute atomic E-state index is 10.2. The van der Waals surface area contributed by atoms with Crippen LogP contribution in [0.15, 0.2) is 30.3 Å². The number of hydrogen-bond donors (Lipinski definition) is 4. The van der Waals surface area contributed by atoms with Gasteiger partial charge in [-0.05, 0) is 18.6 Å². The topological polar surface area (TPSA) is 84.2 Å². The fourth-order valence-corrected chi connectivity index (χ4v) is 1.93. The summed E-state index contributed by atoms with van der Waals surface area (Å²) in [5.74, 6) is -0.606. The SMILES string of the molecule is CN(c1ccccc1)C(O)[C@@H](CCO)[C@@H](O)CO. The van der Waals surface area contributed by atoms with Crippen LogP contribution in [0.25, 0.3) is 0 Å². The molecular formula is C13H21NO4. The first-order valence-corrected chi connectivity index (χ1v) is 5.97. The molecule has 1 aromatic carbocycles. The van der Waals surface area contributed by atoms with Crippen molar-refractivity contribution in [3.8, 4) is 0 Å². The van der Waals surface area contributed by atoms with Crippen LogP contribution < -0.4 is 4.90 Å². The highest BCUT2D eigenvalue weighted by Gasteiger charge is 2.29. The van der Waals surface area contributed by atoms with Crippen molar-refractivity contribution in [2.75, 3.05) is 25.2 Å². The van der Waals surface area contributed by atoms with E-state index in [1.807, 2.05) is 30.3 Å². The molecular weight excluding hydrogens is 234 g/mol. The van der Waals surface area contributed by atoms with Gasteiger partial charge in [-0.2, -0.15) is 0 Å². The Hall–Kier alpha value is -1.14. The quantitative estimate of drug-likeness (QED) is 0.507. The summed E-state index contributed by atoms with van der Waals surface area (Å²) >= 11 is 0. The molecule has 0 aromatic heterocycles. The Morgan fingerprint density at radius 1 is 1.11 bits per heavy atom.